The molecule has 1 aliphatic rings. The highest BCUT2D eigenvalue weighted by Gasteiger charge is 2.24. The summed E-state index contributed by atoms with van der Waals surface area (Å²) in [5.74, 6) is -0.0326. The molecular formula is C13H19ClN2O3S. The summed E-state index contributed by atoms with van der Waals surface area (Å²) in [5, 5.41) is 0. The molecule has 20 heavy (non-hydrogen) atoms. The smallest absolute Gasteiger partial charge is 0.253 e. The zero-order chi connectivity index (χ0) is 14.0. The number of hydrogen-bond donors (Lipinski definition) is 1. The third-order valence-electron chi connectivity index (χ3n) is 3.35. The Morgan fingerprint density at radius 1 is 1.35 bits per heavy atom. The average molecular weight is 319 g/mol. The zero-order valence-corrected chi connectivity index (χ0v) is 12.9. The van der Waals surface area contributed by atoms with Gasteiger partial charge in [0.15, 0.2) is 9.84 Å². The van der Waals surface area contributed by atoms with Crippen LogP contribution in [0.4, 0.5) is 0 Å². The third-order valence-corrected chi connectivity index (χ3v) is 5.10. The van der Waals surface area contributed by atoms with Crippen molar-refractivity contribution < 1.29 is 13.2 Å². The van der Waals surface area contributed by atoms with Crippen LogP contribution in [0.1, 0.15) is 23.7 Å². The summed E-state index contributed by atoms with van der Waals surface area (Å²) < 4.78 is 23.3. The summed E-state index contributed by atoms with van der Waals surface area (Å²) in [7, 11) is -3.21. The Bertz CT molecular complexity index is 572. The molecule has 1 amide bonds. The van der Waals surface area contributed by atoms with E-state index in [0.29, 0.717) is 18.7 Å². The van der Waals surface area contributed by atoms with Gasteiger partial charge in [0.05, 0.1) is 10.6 Å². The summed E-state index contributed by atoms with van der Waals surface area (Å²) in [4.78, 5) is 14.1. The number of amides is 1. The zero-order valence-electron chi connectivity index (χ0n) is 11.3. The van der Waals surface area contributed by atoms with E-state index in [1.165, 1.54) is 12.1 Å². The Kier molecular flexibility index (Phi) is 5.56. The molecular weight excluding hydrogens is 300 g/mol. The van der Waals surface area contributed by atoms with Crippen molar-refractivity contribution in [2.75, 3.05) is 18.8 Å². The minimum absolute atomic E-state index is 0. The SMILES string of the molecule is CCS(=O)(=O)c1ccc(C(=O)N2CC[C@@H](N)C2)cc1.Cl. The van der Waals surface area contributed by atoms with E-state index in [0.717, 1.165) is 6.42 Å². The molecule has 1 aromatic rings. The van der Waals surface area contributed by atoms with Crippen molar-refractivity contribution in [1.29, 1.82) is 0 Å². The van der Waals surface area contributed by atoms with Gasteiger partial charge in [0.1, 0.15) is 0 Å². The van der Waals surface area contributed by atoms with E-state index in [1.54, 1.807) is 24.0 Å². The maximum atomic E-state index is 12.1. The van der Waals surface area contributed by atoms with Gasteiger partial charge in [-0.2, -0.15) is 0 Å². The predicted molar refractivity (Wildman–Crippen MR) is 79.9 cm³/mol. The Labute approximate surface area is 125 Å². The van der Waals surface area contributed by atoms with E-state index < -0.39 is 9.84 Å². The molecule has 1 fully saturated rings. The van der Waals surface area contributed by atoms with Crippen molar-refractivity contribution in [2.24, 2.45) is 5.73 Å². The Morgan fingerprint density at radius 2 is 1.95 bits per heavy atom. The van der Waals surface area contributed by atoms with Gasteiger partial charge in [-0.3, -0.25) is 4.79 Å². The monoisotopic (exact) mass is 318 g/mol. The fraction of sp³-hybridized carbons (Fsp3) is 0.462. The number of carbonyl (C=O) groups excluding carboxylic acids is 1. The van der Waals surface area contributed by atoms with Crippen molar-refractivity contribution >= 4 is 28.2 Å². The molecule has 0 aliphatic carbocycles. The number of hydrogen-bond acceptors (Lipinski definition) is 4. The van der Waals surface area contributed by atoms with Crippen molar-refractivity contribution in [3.63, 3.8) is 0 Å². The minimum atomic E-state index is -3.21. The predicted octanol–water partition coefficient (Wildman–Crippen LogP) is 1.08. The second-order valence-corrected chi connectivity index (χ2v) is 7.01. The first-order valence-electron chi connectivity index (χ1n) is 6.31. The van der Waals surface area contributed by atoms with Crippen molar-refractivity contribution in [3.8, 4) is 0 Å². The van der Waals surface area contributed by atoms with Crippen LogP contribution in [0.25, 0.3) is 0 Å². The lowest BCUT2D eigenvalue weighted by atomic mass is 10.2. The molecule has 0 unspecified atom stereocenters. The van der Waals surface area contributed by atoms with Crippen molar-refractivity contribution in [1.82, 2.24) is 4.90 Å². The number of rotatable bonds is 3. The van der Waals surface area contributed by atoms with Crippen LogP contribution in [0.15, 0.2) is 29.2 Å². The van der Waals surface area contributed by atoms with E-state index in [4.69, 9.17) is 5.73 Å². The van der Waals surface area contributed by atoms with Gasteiger partial charge in [0, 0.05) is 24.7 Å². The lowest BCUT2D eigenvalue weighted by Gasteiger charge is -2.15. The van der Waals surface area contributed by atoms with Crippen LogP contribution in [0, 0.1) is 0 Å². The molecule has 1 heterocycles. The molecule has 0 saturated carbocycles. The number of likely N-dealkylation sites (tertiary alicyclic amines) is 1. The van der Waals surface area contributed by atoms with Crippen LogP contribution in [0.2, 0.25) is 0 Å². The highest BCUT2D eigenvalue weighted by Crippen LogP contribution is 2.16. The molecule has 1 aromatic carbocycles. The van der Waals surface area contributed by atoms with Crippen LogP contribution < -0.4 is 5.73 Å². The summed E-state index contributed by atoms with van der Waals surface area (Å²) in [6, 6.07) is 6.15. The standard InChI is InChI=1S/C13H18N2O3S.ClH/c1-2-19(17,18)12-5-3-10(4-6-12)13(16)15-8-7-11(14)9-15;/h3-6,11H,2,7-9,14H2,1H3;1H/t11-;/m1./s1. The number of carbonyl (C=O) groups is 1. The van der Waals surface area contributed by atoms with Crippen LogP contribution in [0.5, 0.6) is 0 Å². The first kappa shape index (κ1) is 16.9. The number of benzene rings is 1. The van der Waals surface area contributed by atoms with Crippen LogP contribution in [0.3, 0.4) is 0 Å². The van der Waals surface area contributed by atoms with Gasteiger partial charge in [-0.05, 0) is 30.7 Å². The molecule has 2 rings (SSSR count). The lowest BCUT2D eigenvalue weighted by molar-refractivity contribution is 0.0791. The van der Waals surface area contributed by atoms with Gasteiger partial charge in [-0.1, -0.05) is 6.92 Å². The van der Waals surface area contributed by atoms with E-state index in [-0.39, 0.29) is 35.0 Å². The minimum Gasteiger partial charge on any atom is -0.337 e. The van der Waals surface area contributed by atoms with Gasteiger partial charge in [-0.15, -0.1) is 12.4 Å². The van der Waals surface area contributed by atoms with Gasteiger partial charge in [0.25, 0.3) is 5.91 Å². The second kappa shape index (κ2) is 6.56. The van der Waals surface area contributed by atoms with E-state index in [2.05, 4.69) is 0 Å². The van der Waals surface area contributed by atoms with Crippen LogP contribution >= 0.6 is 12.4 Å². The normalized spacial score (nSPS) is 18.7. The Balaban J connectivity index is 0.00000200. The molecule has 0 aromatic heterocycles. The Hall–Kier alpha value is -1.11. The van der Waals surface area contributed by atoms with E-state index in [1.807, 2.05) is 0 Å². The number of sulfone groups is 1. The highest BCUT2D eigenvalue weighted by atomic mass is 35.5. The summed E-state index contributed by atoms with van der Waals surface area (Å²) in [6.07, 6.45) is 0.814. The average Bonchev–Trinajstić information content (AvgIpc) is 2.85. The Morgan fingerprint density at radius 3 is 2.40 bits per heavy atom. The highest BCUT2D eigenvalue weighted by molar-refractivity contribution is 7.91. The third kappa shape index (κ3) is 3.50. The fourth-order valence-corrected chi connectivity index (χ4v) is 3.01. The molecule has 1 atom stereocenters. The largest absolute Gasteiger partial charge is 0.337 e. The molecule has 5 nitrogen and oxygen atoms in total. The van der Waals surface area contributed by atoms with Gasteiger partial charge in [-0.25, -0.2) is 8.42 Å². The lowest BCUT2D eigenvalue weighted by Crippen LogP contribution is -2.31. The van der Waals surface area contributed by atoms with Gasteiger partial charge in [0.2, 0.25) is 0 Å². The number of nitrogens with two attached hydrogens (primary N) is 1. The van der Waals surface area contributed by atoms with Crippen LogP contribution in [-0.4, -0.2) is 44.1 Å². The molecule has 112 valence electrons. The molecule has 2 N–H and O–H groups in total. The first-order valence-corrected chi connectivity index (χ1v) is 7.97. The molecule has 1 aliphatic heterocycles. The van der Waals surface area contributed by atoms with E-state index >= 15 is 0 Å². The van der Waals surface area contributed by atoms with Crippen molar-refractivity contribution in [3.05, 3.63) is 29.8 Å². The quantitative estimate of drug-likeness (QED) is 0.904. The van der Waals surface area contributed by atoms with Crippen molar-refractivity contribution in [2.45, 2.75) is 24.3 Å². The second-order valence-electron chi connectivity index (χ2n) is 4.73. The summed E-state index contributed by atoms with van der Waals surface area (Å²) in [5.41, 5.74) is 6.27. The number of halogens is 1. The van der Waals surface area contributed by atoms with Gasteiger partial charge >= 0.3 is 0 Å². The molecule has 0 radical (unpaired) electrons. The molecule has 0 spiro atoms. The van der Waals surface area contributed by atoms with E-state index in [9.17, 15) is 13.2 Å². The maximum Gasteiger partial charge on any atom is 0.253 e. The summed E-state index contributed by atoms with van der Waals surface area (Å²) in [6.45, 7) is 2.82. The maximum absolute atomic E-state index is 12.1. The van der Waals surface area contributed by atoms with Crippen LogP contribution in [-0.2, 0) is 9.84 Å². The topological polar surface area (TPSA) is 80.5 Å². The summed E-state index contributed by atoms with van der Waals surface area (Å²) >= 11 is 0. The molecule has 0 bridgehead atoms. The molecule has 1 saturated heterocycles. The first-order chi connectivity index (χ1) is 8.94. The fourth-order valence-electron chi connectivity index (χ4n) is 2.13. The van der Waals surface area contributed by atoms with Gasteiger partial charge < -0.3 is 10.6 Å². The molecule has 7 heteroatoms. The number of nitrogens with zero attached hydrogens (tertiary/aromatic N) is 1.